The molecule has 2 fully saturated rings. The van der Waals surface area contributed by atoms with Gasteiger partial charge in [-0.3, -0.25) is 4.90 Å². The summed E-state index contributed by atoms with van der Waals surface area (Å²) in [5.74, 6) is -0.210. The minimum Gasteiger partial charge on any atom is -0.442 e. The number of nitrogens with two attached hydrogens (primary N) is 1. The number of rotatable bonds is 4. The van der Waals surface area contributed by atoms with Gasteiger partial charge in [-0.05, 0) is 42.8 Å². The van der Waals surface area contributed by atoms with E-state index in [4.69, 9.17) is 28.0 Å². The van der Waals surface area contributed by atoms with E-state index in [1.54, 1.807) is 18.2 Å². The standard InChI is InChI=1S/C19H22FN5O2S/c1-12-10-24(7-5-13(12)4-6-21)17-3-2-14(8-16(17)20)25-11-15(27-19(25)26)9-23-18(22)28/h2-4,8,12,15H,5,7,9-11H2,1H3,(H3,22,23,28)/b13-4+/t12?,15-/m0/s1. The van der Waals surface area contributed by atoms with Gasteiger partial charge in [0.15, 0.2) is 5.11 Å². The number of hydrogen-bond acceptors (Lipinski definition) is 5. The van der Waals surface area contributed by atoms with Crippen molar-refractivity contribution in [2.45, 2.75) is 19.4 Å². The molecule has 0 aliphatic carbocycles. The van der Waals surface area contributed by atoms with Crippen molar-refractivity contribution >= 4 is 34.8 Å². The zero-order valence-corrected chi connectivity index (χ0v) is 16.3. The van der Waals surface area contributed by atoms with Crippen molar-refractivity contribution in [3.63, 3.8) is 0 Å². The van der Waals surface area contributed by atoms with Gasteiger partial charge in [0, 0.05) is 19.2 Å². The molecule has 28 heavy (non-hydrogen) atoms. The molecule has 2 saturated heterocycles. The number of thiocarbonyl (C=S) groups is 1. The van der Waals surface area contributed by atoms with Crippen LogP contribution in [-0.2, 0) is 4.74 Å². The molecule has 1 unspecified atom stereocenters. The third-order valence-electron chi connectivity index (χ3n) is 5.01. The second-order valence-electron chi connectivity index (χ2n) is 6.94. The Morgan fingerprint density at radius 1 is 1.54 bits per heavy atom. The van der Waals surface area contributed by atoms with Gasteiger partial charge >= 0.3 is 6.09 Å². The Balaban J connectivity index is 1.69. The molecule has 2 aliphatic rings. The van der Waals surface area contributed by atoms with Gasteiger partial charge in [-0.25, -0.2) is 9.18 Å². The molecule has 148 valence electrons. The summed E-state index contributed by atoms with van der Waals surface area (Å²) in [4.78, 5) is 15.5. The molecule has 0 saturated carbocycles. The van der Waals surface area contributed by atoms with E-state index in [-0.39, 0.29) is 17.6 Å². The van der Waals surface area contributed by atoms with Gasteiger partial charge in [0.2, 0.25) is 0 Å². The first-order valence-electron chi connectivity index (χ1n) is 9.03. The number of carbonyl (C=O) groups excluding carboxylic acids is 1. The number of cyclic esters (lactones) is 1. The number of anilines is 2. The molecule has 7 nitrogen and oxygen atoms in total. The summed E-state index contributed by atoms with van der Waals surface area (Å²) in [5, 5.41) is 11.7. The van der Waals surface area contributed by atoms with E-state index < -0.39 is 18.0 Å². The van der Waals surface area contributed by atoms with E-state index in [1.807, 2.05) is 11.8 Å². The summed E-state index contributed by atoms with van der Waals surface area (Å²) in [6, 6.07) is 6.83. The van der Waals surface area contributed by atoms with Gasteiger partial charge in [0.25, 0.3) is 0 Å². The van der Waals surface area contributed by atoms with Gasteiger partial charge in [-0.2, -0.15) is 5.26 Å². The van der Waals surface area contributed by atoms with Gasteiger partial charge in [0.05, 0.1) is 30.5 Å². The maximum absolute atomic E-state index is 14.8. The molecule has 2 atom stereocenters. The topological polar surface area (TPSA) is 94.6 Å². The maximum Gasteiger partial charge on any atom is 0.414 e. The lowest BCUT2D eigenvalue weighted by Gasteiger charge is -2.34. The molecule has 1 aromatic carbocycles. The molecule has 1 amide bonds. The predicted molar refractivity (Wildman–Crippen MR) is 108 cm³/mol. The number of ether oxygens (including phenoxy) is 1. The first kappa shape index (κ1) is 19.9. The molecule has 1 aromatic rings. The number of carbonyl (C=O) groups is 1. The smallest absolute Gasteiger partial charge is 0.414 e. The van der Waals surface area contributed by atoms with E-state index in [0.717, 1.165) is 12.0 Å². The van der Waals surface area contributed by atoms with Crippen molar-refractivity contribution in [1.82, 2.24) is 5.32 Å². The van der Waals surface area contributed by atoms with Crippen LogP contribution in [0.15, 0.2) is 29.8 Å². The summed E-state index contributed by atoms with van der Waals surface area (Å²) >= 11 is 4.75. The lowest BCUT2D eigenvalue weighted by molar-refractivity contribution is 0.143. The fourth-order valence-electron chi connectivity index (χ4n) is 3.54. The average Bonchev–Trinajstić information content (AvgIpc) is 3.02. The summed E-state index contributed by atoms with van der Waals surface area (Å²) in [5.41, 5.74) is 7.41. The number of piperidine rings is 1. The molecular weight excluding hydrogens is 381 g/mol. The van der Waals surface area contributed by atoms with Crippen LogP contribution in [0.2, 0.25) is 0 Å². The summed E-state index contributed by atoms with van der Waals surface area (Å²) in [6.45, 7) is 3.91. The molecule has 0 radical (unpaired) electrons. The fraction of sp³-hybridized carbons (Fsp3) is 0.421. The molecular formula is C19H22FN5O2S. The number of halogens is 1. The number of allylic oxidation sites excluding steroid dienone is 1. The van der Waals surface area contributed by atoms with Crippen molar-refractivity contribution in [1.29, 1.82) is 5.26 Å². The minimum atomic E-state index is -0.528. The van der Waals surface area contributed by atoms with Gasteiger partial charge in [-0.1, -0.05) is 12.5 Å². The van der Waals surface area contributed by atoms with Crippen molar-refractivity contribution < 1.29 is 13.9 Å². The highest BCUT2D eigenvalue weighted by atomic mass is 32.1. The molecule has 9 heteroatoms. The van der Waals surface area contributed by atoms with Crippen LogP contribution in [0.5, 0.6) is 0 Å². The van der Waals surface area contributed by atoms with Crippen LogP contribution in [0.4, 0.5) is 20.6 Å². The number of nitrogens with zero attached hydrogens (tertiary/aromatic N) is 3. The molecule has 2 aliphatic heterocycles. The SMILES string of the molecule is CC1CN(c2ccc(N3C[C@H](CNC(N)=S)OC3=O)cc2F)CC/C1=C\C#N. The third-order valence-corrected chi connectivity index (χ3v) is 5.15. The average molecular weight is 403 g/mol. The number of benzene rings is 1. The highest BCUT2D eigenvalue weighted by Gasteiger charge is 2.33. The van der Waals surface area contributed by atoms with E-state index in [0.29, 0.717) is 31.0 Å². The molecule has 0 bridgehead atoms. The van der Waals surface area contributed by atoms with Crippen molar-refractivity contribution in [2.75, 3.05) is 36.0 Å². The second kappa shape index (κ2) is 8.44. The lowest BCUT2D eigenvalue weighted by atomic mass is 9.92. The van der Waals surface area contributed by atoms with Gasteiger partial charge < -0.3 is 20.7 Å². The quantitative estimate of drug-likeness (QED) is 0.588. The minimum absolute atomic E-state index is 0.133. The summed E-state index contributed by atoms with van der Waals surface area (Å²) in [7, 11) is 0. The first-order valence-corrected chi connectivity index (χ1v) is 9.44. The largest absolute Gasteiger partial charge is 0.442 e. The second-order valence-corrected chi connectivity index (χ2v) is 7.38. The fourth-order valence-corrected chi connectivity index (χ4v) is 3.62. The van der Waals surface area contributed by atoms with Crippen LogP contribution < -0.4 is 20.9 Å². The lowest BCUT2D eigenvalue weighted by Crippen LogP contribution is -2.37. The maximum atomic E-state index is 14.8. The van der Waals surface area contributed by atoms with Crippen LogP contribution in [0.25, 0.3) is 0 Å². The van der Waals surface area contributed by atoms with Crippen LogP contribution >= 0.6 is 12.2 Å². The van der Waals surface area contributed by atoms with Gasteiger partial charge in [0.1, 0.15) is 11.9 Å². The Morgan fingerprint density at radius 2 is 2.32 bits per heavy atom. The monoisotopic (exact) mass is 403 g/mol. The third kappa shape index (κ3) is 4.34. The Labute approximate surface area is 168 Å². The van der Waals surface area contributed by atoms with E-state index >= 15 is 0 Å². The van der Waals surface area contributed by atoms with E-state index in [2.05, 4.69) is 11.4 Å². The predicted octanol–water partition coefficient (Wildman–Crippen LogP) is 2.28. The zero-order valence-electron chi connectivity index (χ0n) is 15.5. The van der Waals surface area contributed by atoms with Crippen LogP contribution in [0, 0.1) is 23.1 Å². The molecule has 0 spiro atoms. The van der Waals surface area contributed by atoms with E-state index in [9.17, 15) is 9.18 Å². The highest BCUT2D eigenvalue weighted by molar-refractivity contribution is 7.80. The summed E-state index contributed by atoms with van der Waals surface area (Å²) < 4.78 is 20.1. The van der Waals surface area contributed by atoms with Crippen molar-refractivity contribution in [3.8, 4) is 6.07 Å². The van der Waals surface area contributed by atoms with E-state index in [1.165, 1.54) is 11.0 Å². The van der Waals surface area contributed by atoms with Gasteiger partial charge in [-0.15, -0.1) is 0 Å². The van der Waals surface area contributed by atoms with Crippen LogP contribution in [-0.4, -0.2) is 43.5 Å². The summed E-state index contributed by atoms with van der Waals surface area (Å²) in [6.07, 6.45) is 1.37. The highest BCUT2D eigenvalue weighted by Crippen LogP contribution is 2.31. The Kier molecular flexibility index (Phi) is 5.99. The van der Waals surface area contributed by atoms with Crippen molar-refractivity contribution in [3.05, 3.63) is 35.7 Å². The number of hydrogen-bond donors (Lipinski definition) is 2. The Bertz CT molecular complexity index is 853. The number of nitriles is 1. The number of nitrogens with one attached hydrogen (secondary N) is 1. The molecule has 3 rings (SSSR count). The zero-order chi connectivity index (χ0) is 20.3. The van der Waals surface area contributed by atoms with Crippen LogP contribution in [0.1, 0.15) is 13.3 Å². The molecule has 0 aromatic heterocycles. The molecule has 3 N–H and O–H groups in total. The van der Waals surface area contributed by atoms with Crippen LogP contribution in [0.3, 0.4) is 0 Å². The molecule has 2 heterocycles. The Morgan fingerprint density at radius 3 is 2.96 bits per heavy atom. The first-order chi connectivity index (χ1) is 13.4. The normalized spacial score (nSPS) is 23.5. The van der Waals surface area contributed by atoms with Crippen molar-refractivity contribution in [2.24, 2.45) is 11.7 Å². The Hall–Kier alpha value is -2.86. The number of amides is 1.